The summed E-state index contributed by atoms with van der Waals surface area (Å²) in [5, 5.41) is 0. The first-order valence-corrected chi connectivity index (χ1v) is 17.0. The SMILES string of the molecule is CCO[Si](C)(C)CCCN=Cc1cc(C=NCCC[Si](OCC)(OCC)OCC)ccn1. The van der Waals surface area contributed by atoms with E-state index >= 15 is 0 Å². The molecule has 0 fully saturated rings. The van der Waals surface area contributed by atoms with Gasteiger partial charge in [-0.1, -0.05) is 0 Å². The molecule has 0 saturated carbocycles. The summed E-state index contributed by atoms with van der Waals surface area (Å²) in [6, 6.07) is 5.86. The molecule has 9 heteroatoms. The largest absolute Gasteiger partial charge is 0.500 e. The van der Waals surface area contributed by atoms with E-state index in [1.165, 1.54) is 0 Å². The van der Waals surface area contributed by atoms with E-state index in [0.29, 0.717) is 26.4 Å². The van der Waals surface area contributed by atoms with Crippen molar-refractivity contribution in [3.63, 3.8) is 0 Å². The maximum Gasteiger partial charge on any atom is 0.500 e. The fourth-order valence-corrected chi connectivity index (χ4v) is 7.92. The molecule has 1 aromatic heterocycles. The van der Waals surface area contributed by atoms with Gasteiger partial charge in [0.15, 0.2) is 8.32 Å². The summed E-state index contributed by atoms with van der Waals surface area (Å²) in [4.78, 5) is 13.5. The van der Waals surface area contributed by atoms with Crippen LogP contribution in [-0.4, -0.2) is 74.1 Å². The highest BCUT2D eigenvalue weighted by Crippen LogP contribution is 2.18. The van der Waals surface area contributed by atoms with Gasteiger partial charge in [-0.15, -0.1) is 0 Å². The van der Waals surface area contributed by atoms with Gasteiger partial charge in [0.25, 0.3) is 0 Å². The average Bonchev–Trinajstić information content (AvgIpc) is 2.74. The number of aliphatic imine (C=N–C) groups is 2. The zero-order valence-electron chi connectivity index (χ0n) is 20.9. The highest BCUT2D eigenvalue weighted by molar-refractivity contribution is 6.71. The lowest BCUT2D eigenvalue weighted by Crippen LogP contribution is -2.46. The molecule has 0 aliphatic rings. The molecule has 0 unspecified atom stereocenters. The number of rotatable bonds is 18. The Balaban J connectivity index is 2.49. The molecular weight excluding hydrogens is 438 g/mol. The van der Waals surface area contributed by atoms with Crippen molar-refractivity contribution >= 4 is 29.6 Å². The Bertz CT molecular complexity index is 670. The normalized spacial score (nSPS) is 12.9. The molecule has 1 heterocycles. The second kappa shape index (κ2) is 16.4. The number of hydrogen-bond donors (Lipinski definition) is 0. The van der Waals surface area contributed by atoms with Gasteiger partial charge in [-0.2, -0.15) is 0 Å². The van der Waals surface area contributed by atoms with Gasteiger partial charge in [-0.05, 0) is 77.4 Å². The molecule has 0 N–H and O–H groups in total. The number of hydrogen-bond acceptors (Lipinski definition) is 7. The van der Waals surface area contributed by atoms with Crippen LogP contribution < -0.4 is 0 Å². The van der Waals surface area contributed by atoms with Gasteiger partial charge in [0.1, 0.15) is 0 Å². The molecule has 32 heavy (non-hydrogen) atoms. The van der Waals surface area contributed by atoms with Gasteiger partial charge in [0.05, 0.1) is 5.69 Å². The maximum absolute atomic E-state index is 5.89. The molecule has 0 radical (unpaired) electrons. The third kappa shape index (κ3) is 12.1. The Hall–Kier alpha value is -1.24. The van der Waals surface area contributed by atoms with Gasteiger partial charge in [-0.25, -0.2) is 0 Å². The summed E-state index contributed by atoms with van der Waals surface area (Å²) < 4.78 is 23.5. The molecule has 0 saturated heterocycles. The predicted octanol–water partition coefficient (Wildman–Crippen LogP) is 4.99. The number of aromatic nitrogens is 1. The quantitative estimate of drug-likeness (QED) is 0.168. The Morgan fingerprint density at radius 2 is 1.38 bits per heavy atom. The third-order valence-electron chi connectivity index (χ3n) is 4.73. The molecule has 0 atom stereocenters. The highest BCUT2D eigenvalue weighted by Gasteiger charge is 2.39. The first-order chi connectivity index (χ1) is 15.4. The average molecular weight is 482 g/mol. The molecule has 0 aromatic carbocycles. The lowest BCUT2D eigenvalue weighted by Gasteiger charge is -2.28. The molecule has 0 aliphatic heterocycles. The molecule has 182 valence electrons. The monoisotopic (exact) mass is 481 g/mol. The number of nitrogens with zero attached hydrogens (tertiary/aromatic N) is 3. The van der Waals surface area contributed by atoms with Crippen LogP contribution >= 0.6 is 0 Å². The van der Waals surface area contributed by atoms with Crippen LogP contribution in [0.1, 0.15) is 51.8 Å². The molecule has 0 bridgehead atoms. The zero-order valence-corrected chi connectivity index (χ0v) is 22.9. The van der Waals surface area contributed by atoms with Crippen molar-refractivity contribution in [1.29, 1.82) is 0 Å². The minimum absolute atomic E-state index is 0.600. The van der Waals surface area contributed by atoms with Crippen LogP contribution in [0.25, 0.3) is 0 Å². The van der Waals surface area contributed by atoms with E-state index in [1.807, 2.05) is 45.3 Å². The highest BCUT2D eigenvalue weighted by atomic mass is 28.4. The lowest BCUT2D eigenvalue weighted by atomic mass is 10.2. The molecule has 0 amide bonds. The summed E-state index contributed by atoms with van der Waals surface area (Å²) in [5.41, 5.74) is 1.87. The summed E-state index contributed by atoms with van der Waals surface area (Å²) in [7, 11) is -4.10. The van der Waals surface area contributed by atoms with Crippen LogP contribution in [0.3, 0.4) is 0 Å². The Kier molecular flexibility index (Phi) is 14.7. The van der Waals surface area contributed by atoms with E-state index in [9.17, 15) is 0 Å². The first-order valence-electron chi connectivity index (χ1n) is 11.9. The van der Waals surface area contributed by atoms with Crippen molar-refractivity contribution in [3.05, 3.63) is 29.6 Å². The molecule has 1 rings (SSSR count). The van der Waals surface area contributed by atoms with Crippen LogP contribution in [0.5, 0.6) is 0 Å². The predicted molar refractivity (Wildman–Crippen MR) is 138 cm³/mol. The molecule has 0 spiro atoms. The van der Waals surface area contributed by atoms with Gasteiger partial charge in [-0.3, -0.25) is 15.0 Å². The van der Waals surface area contributed by atoms with Gasteiger partial charge in [0.2, 0.25) is 0 Å². The Morgan fingerprint density at radius 1 is 0.812 bits per heavy atom. The summed E-state index contributed by atoms with van der Waals surface area (Å²) >= 11 is 0. The van der Waals surface area contributed by atoms with Crippen molar-refractivity contribution in [2.24, 2.45) is 9.98 Å². The van der Waals surface area contributed by atoms with E-state index in [0.717, 1.165) is 49.3 Å². The summed E-state index contributed by atoms with van der Waals surface area (Å²) in [5.74, 6) is 0. The third-order valence-corrected chi connectivity index (χ3v) is 10.5. The molecule has 0 aliphatic carbocycles. The topological polar surface area (TPSA) is 74.5 Å². The molecule has 1 aromatic rings. The van der Waals surface area contributed by atoms with Crippen LogP contribution in [0.15, 0.2) is 28.3 Å². The van der Waals surface area contributed by atoms with E-state index < -0.39 is 17.1 Å². The standard InChI is InChI=1S/C23H43N3O4Si2/c1-7-27-31(5,6)17-11-14-25-21-23-19-22(13-16-26-23)20-24-15-12-18-32(28-8-2,29-9-3)30-10-4/h13,16,19-21H,7-12,14-15,17-18H2,1-6H3. The van der Waals surface area contributed by atoms with Crippen molar-refractivity contribution < 1.29 is 17.7 Å². The summed E-state index contributed by atoms with van der Waals surface area (Å²) in [6.07, 6.45) is 7.45. The first kappa shape index (κ1) is 28.8. The van der Waals surface area contributed by atoms with Crippen LogP contribution in [0.4, 0.5) is 0 Å². The van der Waals surface area contributed by atoms with Gasteiger partial charge in [0, 0.05) is 64.2 Å². The second-order valence-corrected chi connectivity index (χ2v) is 15.0. The van der Waals surface area contributed by atoms with Crippen LogP contribution in [-0.2, 0) is 17.7 Å². The van der Waals surface area contributed by atoms with Gasteiger partial charge >= 0.3 is 8.80 Å². The van der Waals surface area contributed by atoms with E-state index in [4.69, 9.17) is 17.7 Å². The fourth-order valence-electron chi connectivity index (χ4n) is 3.39. The molecule has 7 nitrogen and oxygen atoms in total. The maximum atomic E-state index is 5.89. The minimum atomic E-state index is -2.58. The van der Waals surface area contributed by atoms with Crippen LogP contribution in [0, 0.1) is 0 Å². The van der Waals surface area contributed by atoms with E-state index in [2.05, 4.69) is 35.0 Å². The van der Waals surface area contributed by atoms with Crippen LogP contribution in [0.2, 0.25) is 25.2 Å². The van der Waals surface area contributed by atoms with Crippen molar-refractivity contribution in [2.75, 3.05) is 39.5 Å². The minimum Gasteiger partial charge on any atom is -0.418 e. The van der Waals surface area contributed by atoms with E-state index in [1.54, 1.807) is 6.20 Å². The second-order valence-electron chi connectivity index (χ2n) is 7.97. The van der Waals surface area contributed by atoms with Gasteiger partial charge < -0.3 is 17.7 Å². The molecular formula is C23H43N3O4Si2. The Morgan fingerprint density at radius 3 is 1.97 bits per heavy atom. The lowest BCUT2D eigenvalue weighted by molar-refractivity contribution is 0.0710. The fraction of sp³-hybridized carbons (Fsp3) is 0.696. The zero-order chi connectivity index (χ0) is 23.7. The van der Waals surface area contributed by atoms with E-state index in [-0.39, 0.29) is 0 Å². The smallest absolute Gasteiger partial charge is 0.418 e. The number of pyridine rings is 1. The van der Waals surface area contributed by atoms with Crippen molar-refractivity contribution in [1.82, 2.24) is 4.98 Å². The Labute approximate surface area is 197 Å². The summed E-state index contributed by atoms with van der Waals surface area (Å²) in [6.45, 7) is 16.6. The van der Waals surface area contributed by atoms with Crippen molar-refractivity contribution in [3.8, 4) is 0 Å². The van der Waals surface area contributed by atoms with Crippen molar-refractivity contribution in [2.45, 2.75) is 65.7 Å².